The molecule has 0 saturated heterocycles. The predicted molar refractivity (Wildman–Crippen MR) is 172 cm³/mol. The average Bonchev–Trinajstić information content (AvgIpc) is 3.05. The van der Waals surface area contributed by atoms with Crippen LogP contribution in [0.5, 0.6) is 0 Å². The van der Waals surface area contributed by atoms with Crippen molar-refractivity contribution in [2.75, 3.05) is 10.6 Å². The minimum absolute atomic E-state index is 0.0744. The average molecular weight is 660 g/mol. The summed E-state index contributed by atoms with van der Waals surface area (Å²) in [5.41, 5.74) is 0.344. The molecule has 1 aliphatic rings. The Morgan fingerprint density at radius 3 is 2.24 bits per heavy atom. The molecule has 0 spiro atoms. The van der Waals surface area contributed by atoms with Crippen LogP contribution in [0, 0.1) is 17.5 Å². The maximum atomic E-state index is 13.9. The molecule has 5 aromatic rings. The summed E-state index contributed by atoms with van der Waals surface area (Å²) in [5.74, 6) is -2.36. The van der Waals surface area contributed by atoms with E-state index in [4.69, 9.17) is 21.6 Å². The van der Waals surface area contributed by atoms with Crippen LogP contribution in [-0.4, -0.2) is 21.0 Å². The molecule has 0 saturated carbocycles. The third-order valence-corrected chi connectivity index (χ3v) is 8.87. The Bertz CT molecular complexity index is 1960. The predicted octanol–water partition coefficient (Wildman–Crippen LogP) is 8.23. The van der Waals surface area contributed by atoms with Gasteiger partial charge in [-0.1, -0.05) is 59.8 Å². The molecule has 12 heteroatoms. The van der Waals surface area contributed by atoms with E-state index in [1.165, 1.54) is 18.2 Å². The van der Waals surface area contributed by atoms with E-state index in [-0.39, 0.29) is 34.4 Å². The number of halogens is 4. The van der Waals surface area contributed by atoms with Gasteiger partial charge in [0.05, 0.1) is 16.4 Å². The minimum Gasteiger partial charge on any atom is -0.511 e. The number of aliphatic hydroxyl groups is 1. The van der Waals surface area contributed by atoms with Gasteiger partial charge in [0.2, 0.25) is 0 Å². The van der Waals surface area contributed by atoms with Crippen molar-refractivity contribution in [3.63, 3.8) is 0 Å². The zero-order chi connectivity index (χ0) is 32.3. The van der Waals surface area contributed by atoms with Crippen molar-refractivity contribution < 1.29 is 23.1 Å². The summed E-state index contributed by atoms with van der Waals surface area (Å²) in [6.07, 6.45) is -0.110. The molecule has 0 bridgehead atoms. The number of aromatic nitrogens is 2. The molecule has 0 radical (unpaired) electrons. The Kier molecular flexibility index (Phi) is 8.87. The summed E-state index contributed by atoms with van der Waals surface area (Å²) in [5, 5.41) is 21.1. The fraction of sp³-hybridized carbons (Fsp3) is 0.0882. The Morgan fingerprint density at radius 2 is 1.54 bits per heavy atom. The standard InChI is InChI=1S/C34H25ClF3N5O2S/c35-23-5-1-2-6-27(23)46-32-26(44)18-34(43-33(32)45,28-7-3-9-30(41-28)39-19-20-11-13-21(36)14-12-20)29-8-4-10-31(42-29)40-22-15-16-24(37)25(38)17-22/h1-17,44H,18-19H2,(H,39,41)(H,40,42)(H,43,45). The lowest BCUT2D eigenvalue weighted by Gasteiger charge is -2.37. The Labute approximate surface area is 271 Å². The van der Waals surface area contributed by atoms with Crippen molar-refractivity contribution in [1.29, 1.82) is 0 Å². The maximum absolute atomic E-state index is 13.9. The summed E-state index contributed by atoms with van der Waals surface area (Å²) in [7, 11) is 0. The molecule has 0 aliphatic carbocycles. The van der Waals surface area contributed by atoms with E-state index < -0.39 is 23.1 Å². The number of rotatable bonds is 9. The van der Waals surface area contributed by atoms with Gasteiger partial charge >= 0.3 is 0 Å². The summed E-state index contributed by atoms with van der Waals surface area (Å²) in [4.78, 5) is 23.9. The molecule has 3 aromatic carbocycles. The normalized spacial score (nSPS) is 16.2. The number of amides is 1. The summed E-state index contributed by atoms with van der Waals surface area (Å²) < 4.78 is 40.8. The third-order valence-electron chi connectivity index (χ3n) is 7.23. The van der Waals surface area contributed by atoms with Crippen LogP contribution in [0.15, 0.2) is 119 Å². The first kappa shape index (κ1) is 31.0. The van der Waals surface area contributed by atoms with Gasteiger partial charge in [-0.3, -0.25) is 4.79 Å². The van der Waals surface area contributed by atoms with E-state index in [0.29, 0.717) is 33.7 Å². The number of thioether (sulfide) groups is 1. The second kappa shape index (κ2) is 13.2. The molecule has 46 heavy (non-hydrogen) atoms. The first-order valence-electron chi connectivity index (χ1n) is 14.0. The highest BCUT2D eigenvalue weighted by Crippen LogP contribution is 2.43. The van der Waals surface area contributed by atoms with Crippen molar-refractivity contribution in [3.8, 4) is 0 Å². The van der Waals surface area contributed by atoms with Crippen LogP contribution in [0.1, 0.15) is 23.4 Å². The number of nitrogens with one attached hydrogen (secondary N) is 3. The van der Waals surface area contributed by atoms with Crippen molar-refractivity contribution in [2.45, 2.75) is 23.4 Å². The lowest BCUT2D eigenvalue weighted by atomic mass is 9.83. The SMILES string of the molecule is O=C1NC(c2cccc(NCc3ccc(F)cc3)n2)(c2cccc(Nc3ccc(F)c(F)c3)n2)CC(O)=C1Sc1ccccc1Cl. The Morgan fingerprint density at radius 1 is 0.848 bits per heavy atom. The van der Waals surface area contributed by atoms with Gasteiger partial charge in [-0.25, -0.2) is 23.1 Å². The van der Waals surface area contributed by atoms with Crippen LogP contribution < -0.4 is 16.0 Å². The van der Waals surface area contributed by atoms with E-state index >= 15 is 0 Å². The summed E-state index contributed by atoms with van der Waals surface area (Å²) in [6.45, 7) is 0.353. The van der Waals surface area contributed by atoms with Crippen LogP contribution in [0.25, 0.3) is 0 Å². The fourth-order valence-corrected chi connectivity index (χ4v) is 6.09. The van der Waals surface area contributed by atoms with Gasteiger partial charge in [-0.15, -0.1) is 0 Å². The second-order valence-corrected chi connectivity index (χ2v) is 11.9. The van der Waals surface area contributed by atoms with Crippen molar-refractivity contribution in [3.05, 3.63) is 153 Å². The van der Waals surface area contributed by atoms with Crippen LogP contribution >= 0.6 is 23.4 Å². The number of aliphatic hydroxyl groups excluding tert-OH is 1. The molecule has 3 heterocycles. The molecule has 6 rings (SSSR count). The first-order chi connectivity index (χ1) is 22.2. The Hall–Kier alpha value is -5.00. The smallest absolute Gasteiger partial charge is 0.262 e. The van der Waals surface area contributed by atoms with Gasteiger partial charge in [0, 0.05) is 29.6 Å². The Balaban J connectivity index is 1.39. The zero-order valence-corrected chi connectivity index (χ0v) is 25.5. The van der Waals surface area contributed by atoms with Gasteiger partial charge in [-0.2, -0.15) is 0 Å². The topological polar surface area (TPSA) is 99.2 Å². The maximum Gasteiger partial charge on any atom is 0.262 e. The molecule has 4 N–H and O–H groups in total. The molecule has 1 amide bonds. The second-order valence-electron chi connectivity index (χ2n) is 10.4. The number of hydrogen-bond acceptors (Lipinski definition) is 7. The fourth-order valence-electron chi connectivity index (χ4n) is 4.97. The largest absolute Gasteiger partial charge is 0.511 e. The van der Waals surface area contributed by atoms with Gasteiger partial charge in [0.25, 0.3) is 5.91 Å². The zero-order valence-electron chi connectivity index (χ0n) is 23.9. The van der Waals surface area contributed by atoms with Crippen LogP contribution in [-0.2, 0) is 16.9 Å². The minimum atomic E-state index is -1.44. The van der Waals surface area contributed by atoms with Crippen molar-refractivity contribution >= 4 is 46.6 Å². The molecule has 7 nitrogen and oxygen atoms in total. The van der Waals surface area contributed by atoms with Gasteiger partial charge in [0.15, 0.2) is 11.6 Å². The van der Waals surface area contributed by atoms with Crippen LogP contribution in [0.2, 0.25) is 5.02 Å². The lowest BCUT2D eigenvalue weighted by Crippen LogP contribution is -2.51. The van der Waals surface area contributed by atoms with Crippen LogP contribution in [0.3, 0.4) is 0 Å². The van der Waals surface area contributed by atoms with Gasteiger partial charge < -0.3 is 21.1 Å². The number of nitrogens with zero attached hydrogens (tertiary/aromatic N) is 2. The molecule has 232 valence electrons. The number of benzene rings is 3. The molecule has 0 fully saturated rings. The number of anilines is 3. The van der Waals surface area contributed by atoms with E-state index in [0.717, 1.165) is 29.5 Å². The van der Waals surface area contributed by atoms with Gasteiger partial charge in [-0.05, 0) is 66.2 Å². The van der Waals surface area contributed by atoms with E-state index in [1.807, 2.05) is 0 Å². The molecule has 1 unspecified atom stereocenters. The highest BCUT2D eigenvalue weighted by atomic mass is 35.5. The molecule has 1 atom stereocenters. The molecule has 2 aromatic heterocycles. The van der Waals surface area contributed by atoms with Gasteiger partial charge in [0.1, 0.15) is 33.7 Å². The highest BCUT2D eigenvalue weighted by molar-refractivity contribution is 8.04. The van der Waals surface area contributed by atoms with E-state index in [2.05, 4.69) is 16.0 Å². The molecular formula is C34H25ClF3N5O2S. The monoisotopic (exact) mass is 659 g/mol. The van der Waals surface area contributed by atoms with E-state index in [9.17, 15) is 23.1 Å². The number of carbonyl (C=O) groups is 1. The number of pyridine rings is 2. The lowest BCUT2D eigenvalue weighted by molar-refractivity contribution is -0.119. The quantitative estimate of drug-likeness (QED) is 0.127. The highest BCUT2D eigenvalue weighted by Gasteiger charge is 2.45. The molecular weight excluding hydrogens is 635 g/mol. The molecule has 1 aliphatic heterocycles. The first-order valence-corrected chi connectivity index (χ1v) is 15.2. The number of hydrogen-bond donors (Lipinski definition) is 4. The van der Waals surface area contributed by atoms with Crippen LogP contribution in [0.4, 0.5) is 30.5 Å². The number of carbonyl (C=O) groups excluding carboxylic acids is 1. The van der Waals surface area contributed by atoms with E-state index in [1.54, 1.807) is 72.8 Å². The van der Waals surface area contributed by atoms with Crippen molar-refractivity contribution in [1.82, 2.24) is 15.3 Å². The van der Waals surface area contributed by atoms with Crippen molar-refractivity contribution in [2.24, 2.45) is 0 Å². The summed E-state index contributed by atoms with van der Waals surface area (Å²) in [6, 6.07) is 26.6. The summed E-state index contributed by atoms with van der Waals surface area (Å²) >= 11 is 7.38. The third kappa shape index (κ3) is 6.65.